The summed E-state index contributed by atoms with van der Waals surface area (Å²) >= 11 is 0. The Bertz CT molecular complexity index is 679. The molecule has 0 radical (unpaired) electrons. The molecular weight excluding hydrogens is 282 g/mol. The molecule has 0 atom stereocenters. The average molecular weight is 299 g/mol. The molecule has 114 valence electrons. The zero-order chi connectivity index (χ0) is 15.5. The van der Waals surface area contributed by atoms with Crippen molar-refractivity contribution < 1.29 is 4.92 Å². The van der Waals surface area contributed by atoms with E-state index in [0.717, 1.165) is 32.0 Å². The molecule has 0 bridgehead atoms. The van der Waals surface area contributed by atoms with Crippen molar-refractivity contribution in [1.82, 2.24) is 9.97 Å². The van der Waals surface area contributed by atoms with Gasteiger partial charge in [-0.2, -0.15) is 4.98 Å². The van der Waals surface area contributed by atoms with E-state index in [1.165, 1.54) is 11.1 Å². The number of hydrogen-bond donors (Lipinski definition) is 2. The summed E-state index contributed by atoms with van der Waals surface area (Å²) in [5.74, 6) is 0.828. The predicted octanol–water partition coefficient (Wildman–Crippen LogP) is 2.18. The number of fused-ring (bicyclic) bond motifs is 1. The van der Waals surface area contributed by atoms with Crippen LogP contribution in [0.15, 0.2) is 30.5 Å². The molecule has 22 heavy (non-hydrogen) atoms. The van der Waals surface area contributed by atoms with E-state index >= 15 is 0 Å². The third kappa shape index (κ3) is 2.98. The minimum absolute atomic E-state index is 0.115. The Morgan fingerprint density at radius 1 is 1.32 bits per heavy atom. The first kappa shape index (κ1) is 14.2. The highest BCUT2D eigenvalue weighted by Gasteiger charge is 2.20. The van der Waals surface area contributed by atoms with Crippen LogP contribution in [0.4, 0.5) is 17.5 Å². The Morgan fingerprint density at radius 3 is 2.59 bits per heavy atom. The summed E-state index contributed by atoms with van der Waals surface area (Å²) in [6.07, 6.45) is 4.33. The van der Waals surface area contributed by atoms with E-state index in [1.807, 2.05) is 0 Å². The van der Waals surface area contributed by atoms with Crippen molar-refractivity contribution in [2.24, 2.45) is 5.92 Å². The maximum atomic E-state index is 10.7. The van der Waals surface area contributed by atoms with E-state index in [1.54, 1.807) is 0 Å². The van der Waals surface area contributed by atoms with Crippen molar-refractivity contribution in [3.8, 4) is 0 Å². The molecular formula is C15H17N5O2. The Morgan fingerprint density at radius 2 is 2.00 bits per heavy atom. The van der Waals surface area contributed by atoms with Crippen LogP contribution in [0.2, 0.25) is 0 Å². The zero-order valence-corrected chi connectivity index (χ0v) is 12.0. The van der Waals surface area contributed by atoms with Crippen LogP contribution in [-0.4, -0.2) is 21.4 Å². The van der Waals surface area contributed by atoms with Crippen LogP contribution in [0.3, 0.4) is 0 Å². The van der Waals surface area contributed by atoms with Gasteiger partial charge in [-0.3, -0.25) is 10.1 Å². The molecule has 7 heteroatoms. The van der Waals surface area contributed by atoms with Gasteiger partial charge in [-0.25, -0.2) is 4.98 Å². The van der Waals surface area contributed by atoms with Crippen LogP contribution in [0.25, 0.3) is 0 Å². The molecule has 0 spiro atoms. The molecule has 3 rings (SSSR count). The third-order valence-electron chi connectivity index (χ3n) is 3.97. The van der Waals surface area contributed by atoms with Crippen LogP contribution < -0.4 is 11.1 Å². The van der Waals surface area contributed by atoms with E-state index in [2.05, 4.69) is 39.6 Å². The molecule has 0 saturated carbocycles. The summed E-state index contributed by atoms with van der Waals surface area (Å²) in [7, 11) is 0. The van der Waals surface area contributed by atoms with E-state index < -0.39 is 4.92 Å². The second kappa shape index (κ2) is 5.97. The van der Waals surface area contributed by atoms with Crippen molar-refractivity contribution in [3.63, 3.8) is 0 Å². The monoisotopic (exact) mass is 299 g/mol. The summed E-state index contributed by atoms with van der Waals surface area (Å²) in [5, 5.41) is 13.7. The fourth-order valence-electron chi connectivity index (χ4n) is 2.86. The Kier molecular flexibility index (Phi) is 3.86. The first-order valence-electron chi connectivity index (χ1n) is 7.21. The van der Waals surface area contributed by atoms with Gasteiger partial charge in [0, 0.05) is 6.54 Å². The van der Waals surface area contributed by atoms with Crippen LogP contribution in [-0.2, 0) is 12.8 Å². The lowest BCUT2D eigenvalue weighted by molar-refractivity contribution is -0.384. The van der Waals surface area contributed by atoms with Gasteiger partial charge in [-0.1, -0.05) is 24.3 Å². The molecule has 1 aromatic heterocycles. The number of aromatic nitrogens is 2. The van der Waals surface area contributed by atoms with Crippen LogP contribution in [0, 0.1) is 16.0 Å². The number of nitrogen functional groups attached to an aromatic ring is 1. The van der Waals surface area contributed by atoms with Gasteiger partial charge < -0.3 is 11.1 Å². The van der Waals surface area contributed by atoms with Crippen LogP contribution >= 0.6 is 0 Å². The smallest absolute Gasteiger partial charge is 0.329 e. The fourth-order valence-corrected chi connectivity index (χ4v) is 2.86. The SMILES string of the molecule is Nc1nc(NCCC2Cc3ccccc3C2)ncc1[N+](=O)[O-]. The lowest BCUT2D eigenvalue weighted by Gasteiger charge is -2.10. The fraction of sp³-hybridized carbons (Fsp3) is 0.333. The number of nitrogens with two attached hydrogens (primary N) is 1. The molecule has 7 nitrogen and oxygen atoms in total. The number of nitrogens with one attached hydrogen (secondary N) is 1. The van der Waals surface area contributed by atoms with Crippen LogP contribution in [0.5, 0.6) is 0 Å². The molecule has 1 aliphatic rings. The highest BCUT2D eigenvalue weighted by molar-refractivity contribution is 5.53. The zero-order valence-electron chi connectivity index (χ0n) is 12.0. The summed E-state index contributed by atoms with van der Waals surface area (Å²) < 4.78 is 0. The number of hydrogen-bond acceptors (Lipinski definition) is 6. The minimum Gasteiger partial charge on any atom is -0.378 e. The molecule has 2 aromatic rings. The maximum absolute atomic E-state index is 10.7. The molecule has 3 N–H and O–H groups in total. The maximum Gasteiger partial charge on any atom is 0.329 e. The van der Waals surface area contributed by atoms with Gasteiger partial charge in [0.2, 0.25) is 11.8 Å². The first-order chi connectivity index (χ1) is 10.6. The first-order valence-corrected chi connectivity index (χ1v) is 7.21. The Hall–Kier alpha value is -2.70. The van der Waals surface area contributed by atoms with Gasteiger partial charge >= 0.3 is 5.69 Å². The largest absolute Gasteiger partial charge is 0.378 e. The molecule has 1 aliphatic carbocycles. The van der Waals surface area contributed by atoms with Gasteiger partial charge in [0.25, 0.3) is 0 Å². The molecule has 1 heterocycles. The number of nitrogens with zero attached hydrogens (tertiary/aromatic N) is 3. The van der Waals surface area contributed by atoms with Crippen molar-refractivity contribution in [3.05, 3.63) is 51.7 Å². The normalized spacial score (nSPS) is 13.8. The van der Waals surface area contributed by atoms with Gasteiger partial charge in [0.15, 0.2) is 0 Å². The van der Waals surface area contributed by atoms with Crippen molar-refractivity contribution in [2.75, 3.05) is 17.6 Å². The number of rotatable bonds is 5. The van der Waals surface area contributed by atoms with Crippen molar-refractivity contribution in [2.45, 2.75) is 19.3 Å². The van der Waals surface area contributed by atoms with E-state index in [4.69, 9.17) is 5.73 Å². The van der Waals surface area contributed by atoms with E-state index in [-0.39, 0.29) is 11.5 Å². The molecule has 1 aromatic carbocycles. The quantitative estimate of drug-likeness (QED) is 0.647. The lowest BCUT2D eigenvalue weighted by atomic mass is 10.0. The summed E-state index contributed by atoms with van der Waals surface area (Å²) in [6.45, 7) is 0.718. The minimum atomic E-state index is -0.588. The molecule has 0 fully saturated rings. The van der Waals surface area contributed by atoms with E-state index in [9.17, 15) is 10.1 Å². The summed E-state index contributed by atoms with van der Waals surface area (Å²) in [5.41, 5.74) is 8.14. The van der Waals surface area contributed by atoms with Gasteiger partial charge in [0.05, 0.1) is 4.92 Å². The highest BCUT2D eigenvalue weighted by Crippen LogP contribution is 2.28. The van der Waals surface area contributed by atoms with Crippen molar-refractivity contribution >= 4 is 17.5 Å². The lowest BCUT2D eigenvalue weighted by Crippen LogP contribution is -2.12. The summed E-state index contributed by atoms with van der Waals surface area (Å²) in [6, 6.07) is 8.52. The van der Waals surface area contributed by atoms with Gasteiger partial charge in [0.1, 0.15) is 6.20 Å². The molecule has 0 aliphatic heterocycles. The molecule has 0 amide bonds. The van der Waals surface area contributed by atoms with Crippen LogP contribution in [0.1, 0.15) is 17.5 Å². The second-order valence-corrected chi connectivity index (χ2v) is 5.48. The Labute approximate surface area is 127 Å². The number of nitro groups is 1. The van der Waals surface area contributed by atoms with Gasteiger partial charge in [-0.05, 0) is 36.3 Å². The topological polar surface area (TPSA) is 107 Å². The van der Waals surface area contributed by atoms with E-state index in [0.29, 0.717) is 11.9 Å². The highest BCUT2D eigenvalue weighted by atomic mass is 16.6. The standard InChI is InChI=1S/C15H17N5O2/c16-14-13(20(21)22)9-18-15(19-14)17-6-5-10-7-11-3-1-2-4-12(11)8-10/h1-4,9-10H,5-8H2,(H3,16,17,18,19). The Balaban J connectivity index is 1.52. The second-order valence-electron chi connectivity index (χ2n) is 5.48. The molecule has 0 saturated heterocycles. The van der Waals surface area contributed by atoms with Crippen molar-refractivity contribution in [1.29, 1.82) is 0 Å². The summed E-state index contributed by atoms with van der Waals surface area (Å²) in [4.78, 5) is 17.9. The predicted molar refractivity (Wildman–Crippen MR) is 83.5 cm³/mol. The number of anilines is 2. The average Bonchev–Trinajstić information content (AvgIpc) is 2.89. The number of benzene rings is 1. The molecule has 0 unspecified atom stereocenters. The van der Waals surface area contributed by atoms with Gasteiger partial charge in [-0.15, -0.1) is 0 Å². The third-order valence-corrected chi connectivity index (χ3v) is 3.97.